The minimum atomic E-state index is -3.92. The predicted octanol–water partition coefficient (Wildman–Crippen LogP) is 3.11. The molecule has 1 heterocycles. The number of carbonyl (C=O) groups excluding carboxylic acids is 3. The van der Waals surface area contributed by atoms with Crippen LogP contribution in [0.15, 0.2) is 53.4 Å². The van der Waals surface area contributed by atoms with E-state index in [0.717, 1.165) is 15.4 Å². The van der Waals surface area contributed by atoms with E-state index in [1.165, 1.54) is 17.0 Å². The Labute approximate surface area is 207 Å². The quantitative estimate of drug-likeness (QED) is 0.541. The van der Waals surface area contributed by atoms with E-state index in [1.54, 1.807) is 19.1 Å². The van der Waals surface area contributed by atoms with Crippen molar-refractivity contribution in [2.45, 2.75) is 58.0 Å². The van der Waals surface area contributed by atoms with Crippen LogP contribution in [0.25, 0.3) is 0 Å². The molecular weight excluding hydrogens is 466 g/mol. The lowest BCUT2D eigenvalue weighted by molar-refractivity contribution is -0.140. The second kappa shape index (κ2) is 11.0. The van der Waals surface area contributed by atoms with E-state index >= 15 is 0 Å². The molecule has 0 bridgehead atoms. The average molecular weight is 500 g/mol. The highest BCUT2D eigenvalue weighted by atomic mass is 32.2. The van der Waals surface area contributed by atoms with Crippen LogP contribution in [-0.4, -0.2) is 54.5 Å². The Morgan fingerprint density at radius 3 is 2.34 bits per heavy atom. The molecule has 0 fully saturated rings. The summed E-state index contributed by atoms with van der Waals surface area (Å²) >= 11 is 0. The lowest BCUT2D eigenvalue weighted by Crippen LogP contribution is -2.48. The van der Waals surface area contributed by atoms with E-state index in [0.29, 0.717) is 6.54 Å². The summed E-state index contributed by atoms with van der Waals surface area (Å²) in [5, 5.41) is 2.88. The van der Waals surface area contributed by atoms with E-state index < -0.39 is 22.0 Å². The van der Waals surface area contributed by atoms with Gasteiger partial charge in [-0.25, -0.2) is 12.7 Å². The first-order valence-electron chi connectivity index (χ1n) is 11.8. The van der Waals surface area contributed by atoms with Crippen molar-refractivity contribution < 1.29 is 22.8 Å². The molecule has 1 N–H and O–H groups in total. The van der Waals surface area contributed by atoms with Crippen molar-refractivity contribution in [1.29, 1.82) is 0 Å². The third kappa shape index (κ3) is 5.90. The van der Waals surface area contributed by atoms with Crippen LogP contribution in [0.3, 0.4) is 0 Å². The maximum Gasteiger partial charge on any atom is 0.269 e. The molecule has 1 unspecified atom stereocenters. The number of nitrogens with one attached hydrogen (secondary N) is 1. The molecule has 0 aromatic heterocycles. The van der Waals surface area contributed by atoms with Crippen LogP contribution >= 0.6 is 0 Å². The zero-order valence-corrected chi connectivity index (χ0v) is 21.5. The number of benzene rings is 2. The molecule has 0 aliphatic carbocycles. The van der Waals surface area contributed by atoms with E-state index in [1.807, 2.05) is 45.0 Å². The number of carbonyl (C=O) groups is 3. The maximum atomic E-state index is 13.3. The van der Waals surface area contributed by atoms with Gasteiger partial charge >= 0.3 is 0 Å². The Bertz CT molecular complexity index is 1210. The van der Waals surface area contributed by atoms with Gasteiger partial charge < -0.3 is 10.2 Å². The van der Waals surface area contributed by atoms with E-state index in [2.05, 4.69) is 5.32 Å². The fourth-order valence-corrected chi connectivity index (χ4v) is 5.58. The van der Waals surface area contributed by atoms with Gasteiger partial charge in [-0.3, -0.25) is 14.4 Å². The van der Waals surface area contributed by atoms with Gasteiger partial charge in [0.15, 0.2) is 0 Å². The van der Waals surface area contributed by atoms with Gasteiger partial charge in [0.2, 0.25) is 11.8 Å². The summed E-state index contributed by atoms with van der Waals surface area (Å²) in [5.74, 6) is -0.822. The second-order valence-corrected chi connectivity index (χ2v) is 11.1. The number of nitrogens with zero attached hydrogens (tertiary/aromatic N) is 2. The van der Waals surface area contributed by atoms with Gasteiger partial charge in [0.25, 0.3) is 15.9 Å². The molecule has 1 atom stereocenters. The number of amides is 3. The number of rotatable bonds is 10. The van der Waals surface area contributed by atoms with Crippen LogP contribution in [0.4, 0.5) is 0 Å². The summed E-state index contributed by atoms with van der Waals surface area (Å²) in [6.07, 6.45) is 0.158. The molecule has 3 amide bonds. The minimum absolute atomic E-state index is 0.00330. The molecule has 1 aliphatic heterocycles. The third-order valence-electron chi connectivity index (χ3n) is 6.12. The first-order valence-corrected chi connectivity index (χ1v) is 13.3. The molecule has 8 nitrogen and oxygen atoms in total. The Kier molecular flexibility index (Phi) is 8.32. The molecule has 0 saturated carbocycles. The number of fused-ring (bicyclic) bond motifs is 1. The maximum absolute atomic E-state index is 13.3. The molecule has 0 spiro atoms. The summed E-state index contributed by atoms with van der Waals surface area (Å²) < 4.78 is 26.4. The summed E-state index contributed by atoms with van der Waals surface area (Å²) in [6, 6.07) is 13.1. The standard InChI is InChI=1S/C26H33N3O5S/c1-18(2)16-27-25(31)20(4)28(17-21-11-6-5-10-19(21)3)24(30)14-9-15-29-26(32)22-12-7-8-13-23(22)35(29,33)34/h5-8,10-13,18,20H,9,14-17H2,1-4H3,(H,27,31). The molecule has 0 saturated heterocycles. The van der Waals surface area contributed by atoms with Gasteiger partial charge in [-0.15, -0.1) is 0 Å². The molecular formula is C26H33N3O5S. The van der Waals surface area contributed by atoms with Gasteiger partial charge in [-0.05, 0) is 49.4 Å². The smallest absolute Gasteiger partial charge is 0.269 e. The van der Waals surface area contributed by atoms with Crippen molar-refractivity contribution in [3.63, 3.8) is 0 Å². The molecule has 188 valence electrons. The Morgan fingerprint density at radius 1 is 1.03 bits per heavy atom. The monoisotopic (exact) mass is 499 g/mol. The fraction of sp³-hybridized carbons (Fsp3) is 0.423. The summed E-state index contributed by atoms with van der Waals surface area (Å²) in [5.41, 5.74) is 2.08. The van der Waals surface area contributed by atoms with Gasteiger partial charge in [-0.1, -0.05) is 50.2 Å². The van der Waals surface area contributed by atoms with Crippen molar-refractivity contribution in [2.24, 2.45) is 5.92 Å². The van der Waals surface area contributed by atoms with Crippen LogP contribution in [0.5, 0.6) is 0 Å². The second-order valence-electron chi connectivity index (χ2n) is 9.25. The summed E-state index contributed by atoms with van der Waals surface area (Å²) in [7, 11) is -3.92. The van der Waals surface area contributed by atoms with E-state index in [9.17, 15) is 22.8 Å². The Morgan fingerprint density at radius 2 is 1.69 bits per heavy atom. The summed E-state index contributed by atoms with van der Waals surface area (Å²) in [4.78, 5) is 40.2. The van der Waals surface area contributed by atoms with Gasteiger partial charge in [0.1, 0.15) is 10.9 Å². The number of hydrogen-bond acceptors (Lipinski definition) is 5. The van der Waals surface area contributed by atoms with Crippen molar-refractivity contribution in [2.75, 3.05) is 13.1 Å². The fourth-order valence-electron chi connectivity index (χ4n) is 3.98. The minimum Gasteiger partial charge on any atom is -0.354 e. The van der Waals surface area contributed by atoms with Gasteiger partial charge in [0.05, 0.1) is 5.56 Å². The van der Waals surface area contributed by atoms with Crippen LogP contribution in [0.1, 0.15) is 55.1 Å². The first-order chi connectivity index (χ1) is 16.5. The highest BCUT2D eigenvalue weighted by molar-refractivity contribution is 7.90. The normalized spacial score (nSPS) is 15.1. The van der Waals surface area contributed by atoms with Crippen LogP contribution < -0.4 is 5.32 Å². The lowest BCUT2D eigenvalue weighted by atomic mass is 10.1. The van der Waals surface area contributed by atoms with Crippen molar-refractivity contribution >= 4 is 27.7 Å². The SMILES string of the molecule is Cc1ccccc1CN(C(=O)CCCN1C(=O)c2ccccc2S1(=O)=O)C(C)C(=O)NCC(C)C. The zero-order valence-electron chi connectivity index (χ0n) is 20.7. The van der Waals surface area contributed by atoms with Crippen molar-refractivity contribution in [3.8, 4) is 0 Å². The Hall–Kier alpha value is -3.20. The Balaban J connectivity index is 1.71. The number of aryl methyl sites for hydroxylation is 1. The largest absolute Gasteiger partial charge is 0.354 e. The highest BCUT2D eigenvalue weighted by Gasteiger charge is 2.40. The van der Waals surface area contributed by atoms with Crippen LogP contribution in [-0.2, 0) is 26.2 Å². The lowest BCUT2D eigenvalue weighted by Gasteiger charge is -2.30. The average Bonchev–Trinajstić information content (AvgIpc) is 3.02. The van der Waals surface area contributed by atoms with Crippen molar-refractivity contribution in [3.05, 3.63) is 65.2 Å². The predicted molar refractivity (Wildman–Crippen MR) is 133 cm³/mol. The molecule has 9 heteroatoms. The van der Waals surface area contributed by atoms with E-state index in [-0.39, 0.29) is 54.1 Å². The number of hydrogen-bond donors (Lipinski definition) is 1. The van der Waals surface area contributed by atoms with Crippen molar-refractivity contribution in [1.82, 2.24) is 14.5 Å². The molecule has 35 heavy (non-hydrogen) atoms. The zero-order chi connectivity index (χ0) is 25.8. The molecule has 0 radical (unpaired) electrons. The number of sulfonamides is 1. The van der Waals surface area contributed by atoms with Gasteiger partial charge in [-0.2, -0.15) is 0 Å². The third-order valence-corrected chi connectivity index (χ3v) is 7.96. The molecule has 2 aromatic rings. The van der Waals surface area contributed by atoms with Crippen LogP contribution in [0.2, 0.25) is 0 Å². The van der Waals surface area contributed by atoms with Crippen LogP contribution in [0, 0.1) is 12.8 Å². The first kappa shape index (κ1) is 26.4. The highest BCUT2D eigenvalue weighted by Crippen LogP contribution is 2.30. The van der Waals surface area contributed by atoms with E-state index in [4.69, 9.17) is 0 Å². The molecule has 2 aromatic carbocycles. The molecule has 3 rings (SSSR count). The topological polar surface area (TPSA) is 104 Å². The summed E-state index contributed by atoms with van der Waals surface area (Å²) in [6.45, 7) is 8.28. The van der Waals surface area contributed by atoms with Gasteiger partial charge in [0, 0.05) is 26.1 Å². The molecule has 1 aliphatic rings.